The van der Waals surface area contributed by atoms with Gasteiger partial charge in [0.1, 0.15) is 6.04 Å². The van der Waals surface area contributed by atoms with Crippen LogP contribution in [0.4, 0.5) is 0 Å². The van der Waals surface area contributed by atoms with E-state index in [2.05, 4.69) is 24.0 Å². The second-order valence-corrected chi connectivity index (χ2v) is 4.79. The fourth-order valence-corrected chi connectivity index (χ4v) is 2.51. The molecule has 2 atom stereocenters. The highest BCUT2D eigenvalue weighted by molar-refractivity contribution is 5.76. The van der Waals surface area contributed by atoms with Crippen LogP contribution in [0.5, 0.6) is 0 Å². The zero-order valence-corrected chi connectivity index (χ0v) is 10.4. The summed E-state index contributed by atoms with van der Waals surface area (Å²) >= 11 is 0. The average Bonchev–Trinajstić information content (AvgIpc) is 2.70. The Labute approximate surface area is 102 Å². The summed E-state index contributed by atoms with van der Waals surface area (Å²) in [6, 6.07) is 10.2. The van der Waals surface area contributed by atoms with Gasteiger partial charge in [0.05, 0.1) is 7.11 Å². The van der Waals surface area contributed by atoms with Gasteiger partial charge in [0, 0.05) is 13.1 Å². The molecule has 1 aliphatic rings. The molecule has 0 bridgehead atoms. The Bertz CT molecular complexity index is 377. The van der Waals surface area contributed by atoms with Gasteiger partial charge in [-0.1, -0.05) is 37.3 Å². The van der Waals surface area contributed by atoms with Crippen molar-refractivity contribution in [1.82, 2.24) is 4.90 Å². The summed E-state index contributed by atoms with van der Waals surface area (Å²) in [6.45, 7) is 3.97. The van der Waals surface area contributed by atoms with E-state index in [1.165, 1.54) is 12.7 Å². The molecule has 0 saturated carbocycles. The summed E-state index contributed by atoms with van der Waals surface area (Å²) in [4.78, 5) is 13.9. The van der Waals surface area contributed by atoms with Gasteiger partial charge in [-0.3, -0.25) is 9.69 Å². The van der Waals surface area contributed by atoms with Gasteiger partial charge < -0.3 is 4.74 Å². The van der Waals surface area contributed by atoms with Crippen molar-refractivity contribution in [2.45, 2.75) is 25.9 Å². The van der Waals surface area contributed by atoms with E-state index < -0.39 is 0 Å². The Kier molecular flexibility index (Phi) is 3.79. The van der Waals surface area contributed by atoms with Crippen molar-refractivity contribution < 1.29 is 9.53 Å². The number of hydrogen-bond acceptors (Lipinski definition) is 3. The zero-order valence-electron chi connectivity index (χ0n) is 10.4. The second-order valence-electron chi connectivity index (χ2n) is 4.79. The molecule has 0 radical (unpaired) electrons. The number of ether oxygens (including phenoxy) is 1. The third-order valence-corrected chi connectivity index (χ3v) is 3.31. The van der Waals surface area contributed by atoms with Crippen molar-refractivity contribution in [3.63, 3.8) is 0 Å². The molecule has 0 N–H and O–H groups in total. The molecule has 1 fully saturated rings. The number of hydrogen-bond donors (Lipinski definition) is 0. The summed E-state index contributed by atoms with van der Waals surface area (Å²) in [6.07, 6.45) is 0.902. The van der Waals surface area contributed by atoms with E-state index in [4.69, 9.17) is 4.74 Å². The molecule has 1 aromatic carbocycles. The molecular formula is C14H19NO2. The Morgan fingerprint density at radius 3 is 2.76 bits per heavy atom. The largest absolute Gasteiger partial charge is 0.468 e. The van der Waals surface area contributed by atoms with Crippen LogP contribution in [0, 0.1) is 5.92 Å². The Morgan fingerprint density at radius 2 is 2.12 bits per heavy atom. The van der Waals surface area contributed by atoms with E-state index in [1.807, 2.05) is 18.2 Å². The summed E-state index contributed by atoms with van der Waals surface area (Å²) in [5.74, 6) is 0.452. The van der Waals surface area contributed by atoms with Crippen LogP contribution in [0.2, 0.25) is 0 Å². The summed E-state index contributed by atoms with van der Waals surface area (Å²) in [5, 5.41) is 0. The number of benzene rings is 1. The molecule has 1 saturated heterocycles. The Balaban J connectivity index is 2.06. The van der Waals surface area contributed by atoms with Gasteiger partial charge in [-0.05, 0) is 17.9 Å². The molecule has 3 heteroatoms. The molecule has 0 amide bonds. The van der Waals surface area contributed by atoms with E-state index in [9.17, 15) is 4.79 Å². The first-order valence-corrected chi connectivity index (χ1v) is 6.06. The minimum Gasteiger partial charge on any atom is -0.468 e. The molecule has 0 aliphatic carbocycles. The highest BCUT2D eigenvalue weighted by Gasteiger charge is 2.35. The van der Waals surface area contributed by atoms with Crippen molar-refractivity contribution in [3.8, 4) is 0 Å². The van der Waals surface area contributed by atoms with Crippen LogP contribution in [0.1, 0.15) is 18.9 Å². The van der Waals surface area contributed by atoms with Gasteiger partial charge in [-0.2, -0.15) is 0 Å². The predicted octanol–water partition coefficient (Wildman–Crippen LogP) is 2.07. The molecule has 1 heterocycles. The van der Waals surface area contributed by atoms with Crippen LogP contribution >= 0.6 is 0 Å². The molecule has 1 aliphatic heterocycles. The van der Waals surface area contributed by atoms with Crippen LogP contribution in [-0.2, 0) is 16.1 Å². The van der Waals surface area contributed by atoms with Crippen LogP contribution in [0.3, 0.4) is 0 Å². The normalized spacial score (nSPS) is 24.8. The minimum absolute atomic E-state index is 0.0739. The lowest BCUT2D eigenvalue weighted by molar-refractivity contribution is -0.146. The van der Waals surface area contributed by atoms with Crippen molar-refractivity contribution in [1.29, 1.82) is 0 Å². The maximum absolute atomic E-state index is 11.7. The van der Waals surface area contributed by atoms with Gasteiger partial charge >= 0.3 is 5.97 Å². The smallest absolute Gasteiger partial charge is 0.323 e. The zero-order chi connectivity index (χ0) is 12.3. The van der Waals surface area contributed by atoms with Crippen molar-refractivity contribution in [2.24, 2.45) is 5.92 Å². The summed E-state index contributed by atoms with van der Waals surface area (Å²) in [7, 11) is 1.46. The van der Waals surface area contributed by atoms with E-state index in [-0.39, 0.29) is 12.0 Å². The van der Waals surface area contributed by atoms with E-state index in [0.717, 1.165) is 19.5 Å². The molecular weight excluding hydrogens is 214 g/mol. The number of carbonyl (C=O) groups excluding carboxylic acids is 1. The Hall–Kier alpha value is -1.35. The van der Waals surface area contributed by atoms with E-state index >= 15 is 0 Å². The van der Waals surface area contributed by atoms with Gasteiger partial charge in [0.25, 0.3) is 0 Å². The van der Waals surface area contributed by atoms with E-state index in [1.54, 1.807) is 0 Å². The first-order chi connectivity index (χ1) is 8.20. The SMILES string of the molecule is COC(=O)[C@@H]1C[C@@H](C)CN1Cc1ccccc1. The van der Waals surface area contributed by atoms with E-state index in [0.29, 0.717) is 5.92 Å². The summed E-state index contributed by atoms with van der Waals surface area (Å²) in [5.41, 5.74) is 1.25. The van der Waals surface area contributed by atoms with Crippen molar-refractivity contribution in [2.75, 3.05) is 13.7 Å². The molecule has 3 nitrogen and oxygen atoms in total. The molecule has 0 aromatic heterocycles. The van der Waals surface area contributed by atoms with Gasteiger partial charge in [-0.15, -0.1) is 0 Å². The topological polar surface area (TPSA) is 29.5 Å². The number of nitrogens with zero attached hydrogens (tertiary/aromatic N) is 1. The highest BCUT2D eigenvalue weighted by Crippen LogP contribution is 2.25. The first-order valence-electron chi connectivity index (χ1n) is 6.06. The second kappa shape index (κ2) is 5.32. The lowest BCUT2D eigenvalue weighted by atomic mass is 10.1. The number of methoxy groups -OCH3 is 1. The van der Waals surface area contributed by atoms with Crippen LogP contribution < -0.4 is 0 Å². The molecule has 1 aromatic rings. The van der Waals surface area contributed by atoms with Gasteiger partial charge in [0.15, 0.2) is 0 Å². The van der Waals surface area contributed by atoms with Crippen molar-refractivity contribution in [3.05, 3.63) is 35.9 Å². The maximum Gasteiger partial charge on any atom is 0.323 e. The first kappa shape index (κ1) is 12.1. The number of likely N-dealkylation sites (tertiary alicyclic amines) is 1. The lowest BCUT2D eigenvalue weighted by Crippen LogP contribution is -2.36. The average molecular weight is 233 g/mol. The highest BCUT2D eigenvalue weighted by atomic mass is 16.5. The standard InChI is InChI=1S/C14H19NO2/c1-11-8-13(14(16)17-2)15(9-11)10-12-6-4-3-5-7-12/h3-7,11,13H,8-10H2,1-2H3/t11-,13+/m1/s1. The monoisotopic (exact) mass is 233 g/mol. The van der Waals surface area contributed by atoms with Crippen molar-refractivity contribution >= 4 is 5.97 Å². The third-order valence-electron chi connectivity index (χ3n) is 3.31. The molecule has 2 rings (SSSR count). The fraction of sp³-hybridized carbons (Fsp3) is 0.500. The molecule has 0 spiro atoms. The molecule has 17 heavy (non-hydrogen) atoms. The number of rotatable bonds is 3. The molecule has 92 valence electrons. The number of carbonyl (C=O) groups is 1. The van der Waals surface area contributed by atoms with Gasteiger partial charge in [0.2, 0.25) is 0 Å². The predicted molar refractivity (Wildman–Crippen MR) is 66.4 cm³/mol. The van der Waals surface area contributed by atoms with Gasteiger partial charge in [-0.25, -0.2) is 0 Å². The minimum atomic E-state index is -0.106. The fourth-order valence-electron chi connectivity index (χ4n) is 2.51. The van der Waals surface area contributed by atoms with Crippen LogP contribution in [0.15, 0.2) is 30.3 Å². The quantitative estimate of drug-likeness (QED) is 0.748. The summed E-state index contributed by atoms with van der Waals surface area (Å²) < 4.78 is 4.87. The van der Waals surface area contributed by atoms with Crippen LogP contribution in [-0.4, -0.2) is 30.6 Å². The van der Waals surface area contributed by atoms with Crippen LogP contribution in [0.25, 0.3) is 0 Å². The Morgan fingerprint density at radius 1 is 1.41 bits per heavy atom. The maximum atomic E-state index is 11.7. The number of esters is 1. The third kappa shape index (κ3) is 2.86. The lowest BCUT2D eigenvalue weighted by Gasteiger charge is -2.22. The molecule has 0 unspecified atom stereocenters.